The van der Waals surface area contributed by atoms with Crippen LogP contribution in [0.25, 0.3) is 0 Å². The van der Waals surface area contributed by atoms with Gasteiger partial charge in [-0.25, -0.2) is 0 Å². The van der Waals surface area contributed by atoms with Gasteiger partial charge in [0, 0.05) is 25.2 Å². The van der Waals surface area contributed by atoms with Gasteiger partial charge in [0.2, 0.25) is 0 Å². The van der Waals surface area contributed by atoms with Gasteiger partial charge in [-0.3, -0.25) is 9.59 Å². The number of carbonyl (C=O) groups is 2. The van der Waals surface area contributed by atoms with Crippen molar-refractivity contribution in [3.8, 4) is 0 Å². The molecule has 1 aliphatic rings. The number of rotatable bonds is 38. The molecular weight excluding hydrogens is 705 g/mol. The van der Waals surface area contributed by atoms with E-state index in [2.05, 4.69) is 20.8 Å². The first kappa shape index (κ1) is 52.3. The van der Waals surface area contributed by atoms with Gasteiger partial charge in [0.1, 0.15) is 19.3 Å². The Kier molecular flexibility index (Phi) is 33.9. The van der Waals surface area contributed by atoms with E-state index in [0.29, 0.717) is 38.5 Å². The maximum Gasteiger partial charge on any atom is 0.305 e. The third-order valence-corrected chi connectivity index (χ3v) is 11.8. The van der Waals surface area contributed by atoms with Crippen LogP contribution >= 0.6 is 0 Å². The Hall–Kier alpha value is -1.74. The predicted molar refractivity (Wildman–Crippen MR) is 230 cm³/mol. The van der Waals surface area contributed by atoms with Crippen LogP contribution in [0.15, 0.2) is 24.3 Å². The molecule has 0 bridgehead atoms. The highest BCUT2D eigenvalue weighted by Gasteiger charge is 2.39. The molecule has 0 aliphatic heterocycles. The van der Waals surface area contributed by atoms with Crippen LogP contribution in [0.1, 0.15) is 213 Å². The second-order valence-corrected chi connectivity index (χ2v) is 17.1. The van der Waals surface area contributed by atoms with Gasteiger partial charge in [0.25, 0.3) is 0 Å². The van der Waals surface area contributed by atoms with Crippen LogP contribution in [0.4, 0.5) is 0 Å². The maximum atomic E-state index is 12.1. The summed E-state index contributed by atoms with van der Waals surface area (Å²) in [6, 6.07) is 0. The number of hydrogen-bond donors (Lipinski definition) is 4. The van der Waals surface area contributed by atoms with E-state index in [9.17, 15) is 30.0 Å². The summed E-state index contributed by atoms with van der Waals surface area (Å²) in [4.78, 5) is 24.2. The van der Waals surface area contributed by atoms with Crippen LogP contribution in [0.3, 0.4) is 0 Å². The summed E-state index contributed by atoms with van der Waals surface area (Å²) in [5.74, 6) is -0.142. The van der Waals surface area contributed by atoms with E-state index < -0.39 is 30.4 Å². The Morgan fingerprint density at radius 1 is 0.625 bits per heavy atom. The van der Waals surface area contributed by atoms with Gasteiger partial charge < -0.3 is 29.9 Å². The lowest BCUT2D eigenvalue weighted by atomic mass is 9.89. The van der Waals surface area contributed by atoms with Crippen molar-refractivity contribution in [1.29, 1.82) is 0 Å². The summed E-state index contributed by atoms with van der Waals surface area (Å²) in [7, 11) is 0. The van der Waals surface area contributed by atoms with E-state index in [1.807, 2.05) is 18.2 Å². The Labute approximate surface area is 343 Å². The molecule has 1 unspecified atom stereocenters. The summed E-state index contributed by atoms with van der Waals surface area (Å²) in [6.07, 6.45) is 37.6. The maximum absolute atomic E-state index is 12.1. The van der Waals surface area contributed by atoms with E-state index in [1.165, 1.54) is 109 Å². The predicted octanol–water partition coefficient (Wildman–Crippen LogP) is 11.3. The molecule has 0 aromatic carbocycles. The average Bonchev–Trinajstić information content (AvgIpc) is 3.46. The van der Waals surface area contributed by atoms with Crippen molar-refractivity contribution in [2.24, 2.45) is 17.8 Å². The quantitative estimate of drug-likeness (QED) is 0.0276. The molecule has 1 rings (SSSR count). The standard InChI is InChI=1S/C48H88O8/c1-4-6-25-31-41(49)35-36-44-43(45(51)37-46(44)52)32-27-23-24-29-34-48(54)56-39-42(50)38-55-47(53)33-28-22-20-18-16-14-12-10-8-7-9-11-13-15-17-19-21-26-30-40(3)5-2/h23,27,35-36,40-46,49-52H,4-22,24-26,28-34,37-39H2,1-3H3/b27-23+,36-35+/t40?,41-,42-,43+,44+,45-,46+/m0/s1. The molecule has 1 saturated carbocycles. The Bertz CT molecular complexity index is 982. The largest absolute Gasteiger partial charge is 0.463 e. The average molecular weight is 793 g/mol. The lowest BCUT2D eigenvalue weighted by Crippen LogP contribution is -2.25. The second-order valence-electron chi connectivity index (χ2n) is 17.1. The van der Waals surface area contributed by atoms with Crippen molar-refractivity contribution in [2.45, 2.75) is 238 Å². The van der Waals surface area contributed by atoms with E-state index in [4.69, 9.17) is 9.47 Å². The van der Waals surface area contributed by atoms with Gasteiger partial charge in [-0.15, -0.1) is 0 Å². The van der Waals surface area contributed by atoms with Crippen LogP contribution in [0.5, 0.6) is 0 Å². The van der Waals surface area contributed by atoms with E-state index in [-0.39, 0.29) is 37.4 Å². The molecule has 1 aliphatic carbocycles. The lowest BCUT2D eigenvalue weighted by molar-refractivity contribution is -0.152. The third kappa shape index (κ3) is 29.5. The summed E-state index contributed by atoms with van der Waals surface area (Å²) < 4.78 is 10.3. The molecular formula is C48H88O8. The highest BCUT2D eigenvalue weighted by Crippen LogP contribution is 2.36. The number of ether oxygens (including phenoxy) is 2. The zero-order valence-corrected chi connectivity index (χ0v) is 36.4. The van der Waals surface area contributed by atoms with Gasteiger partial charge in [0.15, 0.2) is 0 Å². The van der Waals surface area contributed by atoms with Crippen molar-refractivity contribution in [1.82, 2.24) is 0 Å². The monoisotopic (exact) mass is 793 g/mol. The molecule has 7 atom stereocenters. The van der Waals surface area contributed by atoms with Crippen LogP contribution in [-0.2, 0) is 19.1 Å². The van der Waals surface area contributed by atoms with Gasteiger partial charge in [-0.1, -0.05) is 186 Å². The molecule has 0 heterocycles. The second kappa shape index (κ2) is 36.3. The van der Waals surface area contributed by atoms with Gasteiger partial charge >= 0.3 is 11.9 Å². The van der Waals surface area contributed by atoms with Crippen molar-refractivity contribution >= 4 is 11.9 Å². The van der Waals surface area contributed by atoms with E-state index in [0.717, 1.165) is 44.4 Å². The van der Waals surface area contributed by atoms with Gasteiger partial charge in [0.05, 0.1) is 18.3 Å². The Morgan fingerprint density at radius 3 is 1.62 bits per heavy atom. The molecule has 4 N–H and O–H groups in total. The van der Waals surface area contributed by atoms with Crippen LogP contribution in [0, 0.1) is 17.8 Å². The summed E-state index contributed by atoms with van der Waals surface area (Å²) in [5, 5.41) is 41.2. The third-order valence-electron chi connectivity index (χ3n) is 11.8. The highest BCUT2D eigenvalue weighted by molar-refractivity contribution is 5.69. The van der Waals surface area contributed by atoms with Crippen molar-refractivity contribution in [3.05, 3.63) is 24.3 Å². The van der Waals surface area contributed by atoms with Crippen LogP contribution in [0.2, 0.25) is 0 Å². The number of carbonyl (C=O) groups excluding carboxylic acids is 2. The molecule has 0 saturated heterocycles. The Balaban J connectivity index is 1.94. The number of aliphatic hydroxyl groups excluding tert-OH is 4. The van der Waals surface area contributed by atoms with Crippen molar-refractivity contribution in [3.63, 3.8) is 0 Å². The number of aliphatic hydroxyl groups is 4. The number of esters is 2. The molecule has 56 heavy (non-hydrogen) atoms. The summed E-state index contributed by atoms with van der Waals surface area (Å²) >= 11 is 0. The van der Waals surface area contributed by atoms with Crippen LogP contribution < -0.4 is 0 Å². The van der Waals surface area contributed by atoms with Crippen molar-refractivity contribution in [2.75, 3.05) is 13.2 Å². The molecule has 0 aromatic heterocycles. The minimum atomic E-state index is -1.04. The fourth-order valence-electron chi connectivity index (χ4n) is 7.76. The fourth-order valence-corrected chi connectivity index (χ4v) is 7.76. The Morgan fingerprint density at radius 2 is 1.11 bits per heavy atom. The minimum absolute atomic E-state index is 0.117. The van der Waals surface area contributed by atoms with E-state index >= 15 is 0 Å². The molecule has 8 nitrogen and oxygen atoms in total. The molecule has 8 heteroatoms. The zero-order chi connectivity index (χ0) is 41.1. The first-order valence-electron chi connectivity index (χ1n) is 23.5. The fraction of sp³-hybridized carbons (Fsp3) is 0.875. The first-order valence-corrected chi connectivity index (χ1v) is 23.5. The normalized spacial score (nSPS) is 20.2. The molecule has 0 aromatic rings. The topological polar surface area (TPSA) is 134 Å². The number of allylic oxidation sites excluding steroid dienone is 2. The summed E-state index contributed by atoms with van der Waals surface area (Å²) in [5.41, 5.74) is 0. The lowest BCUT2D eigenvalue weighted by Gasteiger charge is -2.19. The van der Waals surface area contributed by atoms with Crippen LogP contribution in [-0.4, -0.2) is 70.0 Å². The molecule has 0 spiro atoms. The molecule has 0 amide bonds. The molecule has 0 radical (unpaired) electrons. The highest BCUT2D eigenvalue weighted by atomic mass is 16.6. The SMILES string of the molecule is CCCCC[C@H](O)/C=C/[C@@H]1[C@@H](C/C=C/CCCC(=O)OC[C@@H](O)COC(=O)CCCCCCCCCCCCCCCCCCCCC(C)CC)[C@@H](O)C[C@H]1O. The first-order chi connectivity index (χ1) is 27.2. The summed E-state index contributed by atoms with van der Waals surface area (Å²) in [6.45, 7) is 6.42. The smallest absolute Gasteiger partial charge is 0.305 e. The zero-order valence-electron chi connectivity index (χ0n) is 36.4. The molecule has 1 fully saturated rings. The van der Waals surface area contributed by atoms with E-state index in [1.54, 1.807) is 6.08 Å². The van der Waals surface area contributed by atoms with Crippen molar-refractivity contribution < 1.29 is 39.5 Å². The number of unbranched alkanes of at least 4 members (excludes halogenated alkanes) is 20. The molecule has 328 valence electrons. The van der Waals surface area contributed by atoms with Gasteiger partial charge in [-0.2, -0.15) is 0 Å². The van der Waals surface area contributed by atoms with Gasteiger partial charge in [-0.05, 0) is 43.9 Å². The number of hydrogen-bond acceptors (Lipinski definition) is 8. The minimum Gasteiger partial charge on any atom is -0.463 e.